The van der Waals surface area contributed by atoms with Gasteiger partial charge in [0, 0.05) is 5.02 Å². The van der Waals surface area contributed by atoms with Crippen molar-refractivity contribution < 1.29 is 19.1 Å². The highest BCUT2D eigenvalue weighted by Gasteiger charge is 2.49. The van der Waals surface area contributed by atoms with Crippen LogP contribution in [0.1, 0.15) is 72.1 Å². The van der Waals surface area contributed by atoms with E-state index in [2.05, 4.69) is 19.1 Å². The average Bonchev–Trinajstić information content (AvgIpc) is 2.72. The summed E-state index contributed by atoms with van der Waals surface area (Å²) in [5.74, 6) is -0.342. The van der Waals surface area contributed by atoms with E-state index < -0.39 is 22.6 Å². The van der Waals surface area contributed by atoms with Crippen LogP contribution in [-0.4, -0.2) is 23.0 Å². The molecule has 0 saturated heterocycles. The Labute approximate surface area is 208 Å². The summed E-state index contributed by atoms with van der Waals surface area (Å²) in [6, 6.07) is 12.0. The molecule has 0 bridgehead atoms. The highest BCUT2D eigenvalue weighted by molar-refractivity contribution is 6.31. The van der Waals surface area contributed by atoms with Crippen LogP contribution in [0.15, 0.2) is 42.2 Å². The first-order valence-corrected chi connectivity index (χ1v) is 12.1. The zero-order valence-electron chi connectivity index (χ0n) is 21.7. The van der Waals surface area contributed by atoms with Gasteiger partial charge in [-0.15, -0.1) is 0 Å². The summed E-state index contributed by atoms with van der Waals surface area (Å²) in [4.78, 5) is 26.6. The molecule has 182 valence electrons. The predicted molar refractivity (Wildman–Crippen MR) is 138 cm³/mol. The Morgan fingerprint density at radius 3 is 2.15 bits per heavy atom. The molecule has 0 N–H and O–H groups in total. The maximum absolute atomic E-state index is 13.7. The Morgan fingerprint density at radius 1 is 1.00 bits per heavy atom. The SMILES string of the molecule is CCc1cc(-c2ccc(Cl)c(C)c2)ccc1C1=C(OC(=O)C(C)(C)C)C(C)(C)OC(C)(C)C1=O. The molecule has 0 aromatic heterocycles. The molecule has 0 saturated carbocycles. The second-order valence-electron chi connectivity index (χ2n) is 11.0. The van der Waals surface area contributed by atoms with Crippen LogP contribution in [0.5, 0.6) is 0 Å². The largest absolute Gasteiger partial charge is 0.427 e. The van der Waals surface area contributed by atoms with Crippen molar-refractivity contribution in [3.63, 3.8) is 0 Å². The summed E-state index contributed by atoms with van der Waals surface area (Å²) in [6.07, 6.45) is 0.703. The summed E-state index contributed by atoms with van der Waals surface area (Å²) in [5.41, 5.74) is 2.50. The van der Waals surface area contributed by atoms with Gasteiger partial charge in [-0.1, -0.05) is 42.8 Å². The number of Topliss-reactive ketones (excluding diaryl/α,β-unsaturated/α-hetero) is 1. The third-order valence-corrected chi connectivity index (χ3v) is 6.54. The van der Waals surface area contributed by atoms with Gasteiger partial charge in [0.2, 0.25) is 0 Å². The monoisotopic (exact) mass is 482 g/mol. The van der Waals surface area contributed by atoms with Crippen molar-refractivity contribution in [2.24, 2.45) is 5.41 Å². The Hall–Kier alpha value is -2.43. The fraction of sp³-hybridized carbons (Fsp3) is 0.448. The molecule has 1 aliphatic rings. The fourth-order valence-electron chi connectivity index (χ4n) is 4.23. The van der Waals surface area contributed by atoms with Crippen LogP contribution in [0.4, 0.5) is 0 Å². The van der Waals surface area contributed by atoms with Crippen molar-refractivity contribution in [2.45, 2.75) is 79.9 Å². The molecule has 0 fully saturated rings. The average molecular weight is 483 g/mol. The van der Waals surface area contributed by atoms with Gasteiger partial charge in [0.1, 0.15) is 11.2 Å². The lowest BCUT2D eigenvalue weighted by Crippen LogP contribution is -2.50. The van der Waals surface area contributed by atoms with E-state index in [4.69, 9.17) is 21.1 Å². The number of hydrogen-bond acceptors (Lipinski definition) is 4. The van der Waals surface area contributed by atoms with Crippen molar-refractivity contribution >= 4 is 28.9 Å². The Kier molecular flexibility index (Phi) is 6.91. The van der Waals surface area contributed by atoms with Crippen molar-refractivity contribution in [3.05, 3.63) is 63.9 Å². The van der Waals surface area contributed by atoms with Crippen LogP contribution in [0.3, 0.4) is 0 Å². The Balaban J connectivity index is 2.25. The first kappa shape index (κ1) is 26.2. The van der Waals surface area contributed by atoms with E-state index >= 15 is 0 Å². The number of halogens is 1. The van der Waals surface area contributed by atoms with Gasteiger partial charge in [-0.25, -0.2) is 0 Å². The molecule has 0 amide bonds. The number of carbonyl (C=O) groups excluding carboxylic acids is 2. The highest BCUT2D eigenvalue weighted by atomic mass is 35.5. The number of hydrogen-bond donors (Lipinski definition) is 0. The number of esters is 1. The van der Waals surface area contributed by atoms with Crippen LogP contribution in [-0.2, 0) is 25.5 Å². The minimum Gasteiger partial charge on any atom is -0.427 e. The minimum atomic E-state index is -1.06. The summed E-state index contributed by atoms with van der Waals surface area (Å²) in [7, 11) is 0. The molecule has 0 aliphatic carbocycles. The summed E-state index contributed by atoms with van der Waals surface area (Å²) >= 11 is 6.22. The van der Waals surface area contributed by atoms with E-state index in [0.29, 0.717) is 12.0 Å². The van der Waals surface area contributed by atoms with Crippen LogP contribution in [0, 0.1) is 12.3 Å². The molecule has 5 heteroatoms. The van der Waals surface area contributed by atoms with Crippen LogP contribution < -0.4 is 0 Å². The number of benzene rings is 2. The Bertz CT molecular complexity index is 1180. The quantitative estimate of drug-likeness (QED) is 0.428. The zero-order chi connectivity index (χ0) is 25.6. The Morgan fingerprint density at radius 2 is 1.59 bits per heavy atom. The standard InChI is InChI=1S/C29H35ClO4/c1-10-18-16-20(19-12-14-22(30)17(2)15-19)11-13-21(18)23-24(31)28(6,7)34-29(8,9)25(23)33-26(32)27(3,4)5/h11-16H,10H2,1-9H3. The first-order valence-electron chi connectivity index (χ1n) is 11.7. The first-order chi connectivity index (χ1) is 15.6. The normalized spacial score (nSPS) is 17.6. The molecular formula is C29H35ClO4. The topological polar surface area (TPSA) is 52.6 Å². The second-order valence-corrected chi connectivity index (χ2v) is 11.4. The van der Waals surface area contributed by atoms with Gasteiger partial charge in [-0.2, -0.15) is 0 Å². The van der Waals surface area contributed by atoms with E-state index in [9.17, 15) is 9.59 Å². The molecule has 1 aliphatic heterocycles. The minimum absolute atomic E-state index is 0.201. The van der Waals surface area contributed by atoms with E-state index in [-0.39, 0.29) is 11.5 Å². The third kappa shape index (κ3) is 4.99. The van der Waals surface area contributed by atoms with Crippen LogP contribution >= 0.6 is 11.6 Å². The zero-order valence-corrected chi connectivity index (χ0v) is 22.4. The lowest BCUT2D eigenvalue weighted by molar-refractivity contribution is -0.169. The van der Waals surface area contributed by atoms with E-state index in [0.717, 1.165) is 32.8 Å². The van der Waals surface area contributed by atoms with Crippen molar-refractivity contribution in [2.75, 3.05) is 0 Å². The van der Waals surface area contributed by atoms with Crippen molar-refractivity contribution in [1.82, 2.24) is 0 Å². The van der Waals surface area contributed by atoms with Gasteiger partial charge in [-0.05, 0) is 102 Å². The molecule has 3 rings (SSSR count). The third-order valence-electron chi connectivity index (χ3n) is 6.11. The predicted octanol–water partition coefficient (Wildman–Crippen LogP) is 7.33. The van der Waals surface area contributed by atoms with E-state index in [1.165, 1.54) is 0 Å². The number of ether oxygens (including phenoxy) is 2. The smallest absolute Gasteiger partial charge is 0.316 e. The van der Waals surface area contributed by atoms with Gasteiger partial charge < -0.3 is 9.47 Å². The number of carbonyl (C=O) groups is 2. The molecular weight excluding hydrogens is 448 g/mol. The summed E-state index contributed by atoms with van der Waals surface area (Å²) < 4.78 is 12.1. The van der Waals surface area contributed by atoms with Gasteiger partial charge in [0.15, 0.2) is 11.5 Å². The lowest BCUT2D eigenvalue weighted by Gasteiger charge is -2.42. The molecule has 34 heavy (non-hydrogen) atoms. The van der Waals surface area contributed by atoms with Crippen molar-refractivity contribution in [1.29, 1.82) is 0 Å². The van der Waals surface area contributed by atoms with Crippen LogP contribution in [0.25, 0.3) is 16.7 Å². The molecule has 0 spiro atoms. The van der Waals surface area contributed by atoms with E-state index in [1.807, 2.05) is 45.0 Å². The molecule has 0 unspecified atom stereocenters. The molecule has 4 nitrogen and oxygen atoms in total. The maximum Gasteiger partial charge on any atom is 0.316 e. The second kappa shape index (κ2) is 8.98. The van der Waals surface area contributed by atoms with Crippen LogP contribution in [0.2, 0.25) is 5.02 Å². The number of aryl methyl sites for hydroxylation is 2. The molecule has 2 aromatic rings. The number of rotatable bonds is 4. The summed E-state index contributed by atoms with van der Waals surface area (Å²) in [6.45, 7) is 16.6. The maximum atomic E-state index is 13.7. The number of ketones is 1. The van der Waals surface area contributed by atoms with Gasteiger partial charge in [0.25, 0.3) is 0 Å². The van der Waals surface area contributed by atoms with Gasteiger partial charge >= 0.3 is 5.97 Å². The molecule has 2 aromatic carbocycles. The fourth-order valence-corrected chi connectivity index (χ4v) is 4.35. The summed E-state index contributed by atoms with van der Waals surface area (Å²) in [5, 5.41) is 0.726. The van der Waals surface area contributed by atoms with Gasteiger partial charge in [0.05, 0.1) is 11.0 Å². The molecule has 0 atom stereocenters. The van der Waals surface area contributed by atoms with Gasteiger partial charge in [-0.3, -0.25) is 9.59 Å². The molecule has 0 radical (unpaired) electrons. The lowest BCUT2D eigenvalue weighted by atomic mass is 9.80. The highest BCUT2D eigenvalue weighted by Crippen LogP contribution is 2.44. The van der Waals surface area contributed by atoms with Crippen molar-refractivity contribution in [3.8, 4) is 11.1 Å². The molecule has 1 heterocycles. The van der Waals surface area contributed by atoms with E-state index in [1.54, 1.807) is 34.6 Å².